The Morgan fingerprint density at radius 1 is 1.29 bits per heavy atom. The molecular formula is C16H24N4O. The number of rotatable bonds is 5. The molecule has 0 bridgehead atoms. The Labute approximate surface area is 126 Å². The van der Waals surface area contributed by atoms with Crippen LogP contribution in [0.2, 0.25) is 0 Å². The first-order valence-corrected chi connectivity index (χ1v) is 7.81. The lowest BCUT2D eigenvalue weighted by Gasteiger charge is -2.24. The predicted molar refractivity (Wildman–Crippen MR) is 83.7 cm³/mol. The summed E-state index contributed by atoms with van der Waals surface area (Å²) in [6.07, 6.45) is 9.24. The van der Waals surface area contributed by atoms with Crippen LogP contribution >= 0.6 is 0 Å². The molecule has 1 saturated heterocycles. The number of ether oxygens (including phenoxy) is 1. The van der Waals surface area contributed by atoms with Crippen molar-refractivity contribution in [1.82, 2.24) is 14.9 Å². The highest BCUT2D eigenvalue weighted by atomic mass is 16.5. The summed E-state index contributed by atoms with van der Waals surface area (Å²) in [5.41, 5.74) is 0. The summed E-state index contributed by atoms with van der Waals surface area (Å²) < 4.78 is 5.67. The van der Waals surface area contributed by atoms with Crippen molar-refractivity contribution in [3.05, 3.63) is 24.5 Å². The molecule has 1 aromatic rings. The maximum Gasteiger partial charge on any atom is 0.234 e. The highest BCUT2D eigenvalue weighted by Crippen LogP contribution is 2.23. The summed E-state index contributed by atoms with van der Waals surface area (Å²) in [7, 11) is 0. The smallest absolute Gasteiger partial charge is 0.234 e. The molecule has 0 amide bonds. The van der Waals surface area contributed by atoms with Crippen LogP contribution in [0.1, 0.15) is 20.3 Å². The van der Waals surface area contributed by atoms with Gasteiger partial charge in [-0.15, -0.1) is 0 Å². The minimum Gasteiger partial charge on any atom is -0.476 e. The van der Waals surface area contributed by atoms with Gasteiger partial charge in [-0.25, -0.2) is 0 Å². The van der Waals surface area contributed by atoms with Gasteiger partial charge in [-0.3, -0.25) is 9.88 Å². The second-order valence-electron chi connectivity index (χ2n) is 6.23. The molecule has 0 aromatic carbocycles. The summed E-state index contributed by atoms with van der Waals surface area (Å²) in [5, 5.41) is 0. The highest BCUT2D eigenvalue weighted by Gasteiger charge is 2.28. The molecule has 21 heavy (non-hydrogen) atoms. The number of hydrogen-bond acceptors (Lipinski definition) is 5. The first kappa shape index (κ1) is 14.3. The van der Waals surface area contributed by atoms with Gasteiger partial charge >= 0.3 is 0 Å². The van der Waals surface area contributed by atoms with E-state index in [1.807, 2.05) is 6.20 Å². The van der Waals surface area contributed by atoms with E-state index in [1.54, 1.807) is 6.20 Å². The molecule has 1 fully saturated rings. The molecule has 0 saturated carbocycles. The van der Waals surface area contributed by atoms with Crippen LogP contribution in [0.15, 0.2) is 24.5 Å². The van der Waals surface area contributed by atoms with Crippen molar-refractivity contribution < 1.29 is 4.74 Å². The van der Waals surface area contributed by atoms with E-state index >= 15 is 0 Å². The molecule has 1 aromatic heterocycles. The minimum atomic E-state index is 0.495. The molecule has 5 nitrogen and oxygen atoms in total. The fourth-order valence-corrected chi connectivity index (χ4v) is 2.85. The molecule has 114 valence electrons. The molecule has 0 radical (unpaired) electrons. The van der Waals surface area contributed by atoms with Crippen LogP contribution in [0.25, 0.3) is 0 Å². The second kappa shape index (κ2) is 6.43. The Bertz CT molecular complexity index is 495. The van der Waals surface area contributed by atoms with Gasteiger partial charge in [0.25, 0.3) is 0 Å². The molecule has 3 rings (SSSR count). The van der Waals surface area contributed by atoms with Crippen LogP contribution in [0, 0.1) is 5.92 Å². The molecule has 5 heteroatoms. The molecule has 1 atom stereocenters. The number of anilines is 1. The highest BCUT2D eigenvalue weighted by molar-refractivity contribution is 5.39. The Balaban J connectivity index is 1.60. The molecule has 0 unspecified atom stereocenters. The lowest BCUT2D eigenvalue weighted by atomic mass is 10.2. The monoisotopic (exact) mass is 288 g/mol. The van der Waals surface area contributed by atoms with Crippen LogP contribution < -0.4 is 9.64 Å². The second-order valence-corrected chi connectivity index (χ2v) is 6.23. The average molecular weight is 288 g/mol. The first-order chi connectivity index (χ1) is 10.2. The standard InChI is InChI=1S/C16H24N4O/c1-13(2)12-21-16-10-17-9-15(18-16)20-8-5-14(11-20)19-6-3-4-7-19/h3-4,9-10,13-14H,5-8,11-12H2,1-2H3/t14-/m1/s1. The third kappa shape index (κ3) is 3.53. The topological polar surface area (TPSA) is 41.5 Å². The van der Waals surface area contributed by atoms with Crippen LogP contribution in [-0.4, -0.2) is 53.7 Å². The zero-order valence-electron chi connectivity index (χ0n) is 12.9. The summed E-state index contributed by atoms with van der Waals surface area (Å²) >= 11 is 0. The quantitative estimate of drug-likeness (QED) is 0.775. The summed E-state index contributed by atoms with van der Waals surface area (Å²) in [4.78, 5) is 13.7. The van der Waals surface area contributed by atoms with E-state index in [1.165, 1.54) is 6.42 Å². The third-order valence-electron chi connectivity index (χ3n) is 4.01. The van der Waals surface area contributed by atoms with E-state index in [0.717, 1.165) is 32.0 Å². The van der Waals surface area contributed by atoms with Crippen LogP contribution in [-0.2, 0) is 0 Å². The molecule has 0 spiro atoms. The Morgan fingerprint density at radius 3 is 2.86 bits per heavy atom. The van der Waals surface area contributed by atoms with Gasteiger partial charge in [-0.1, -0.05) is 26.0 Å². The van der Waals surface area contributed by atoms with Crippen molar-refractivity contribution in [2.45, 2.75) is 26.3 Å². The fraction of sp³-hybridized carbons (Fsp3) is 0.625. The van der Waals surface area contributed by atoms with Crippen molar-refractivity contribution in [2.75, 3.05) is 37.7 Å². The zero-order valence-corrected chi connectivity index (χ0v) is 12.9. The average Bonchev–Trinajstić information content (AvgIpc) is 3.16. The maximum absolute atomic E-state index is 5.67. The van der Waals surface area contributed by atoms with Gasteiger partial charge in [0.1, 0.15) is 0 Å². The van der Waals surface area contributed by atoms with E-state index in [0.29, 0.717) is 24.4 Å². The normalized spacial score (nSPS) is 22.4. The predicted octanol–water partition coefficient (Wildman–Crippen LogP) is 1.96. The Kier molecular flexibility index (Phi) is 4.39. The van der Waals surface area contributed by atoms with Gasteiger partial charge < -0.3 is 9.64 Å². The molecule has 2 aliphatic rings. The van der Waals surface area contributed by atoms with Crippen LogP contribution in [0.3, 0.4) is 0 Å². The van der Waals surface area contributed by atoms with Crippen molar-refractivity contribution in [3.63, 3.8) is 0 Å². The first-order valence-electron chi connectivity index (χ1n) is 7.81. The van der Waals surface area contributed by atoms with E-state index in [-0.39, 0.29) is 0 Å². The number of aromatic nitrogens is 2. The van der Waals surface area contributed by atoms with Crippen molar-refractivity contribution >= 4 is 5.82 Å². The minimum absolute atomic E-state index is 0.495. The van der Waals surface area contributed by atoms with Crippen LogP contribution in [0.4, 0.5) is 5.82 Å². The summed E-state index contributed by atoms with van der Waals surface area (Å²) in [6.45, 7) is 9.19. The lowest BCUT2D eigenvalue weighted by Crippen LogP contribution is -2.35. The van der Waals surface area contributed by atoms with Crippen LogP contribution in [0.5, 0.6) is 5.88 Å². The van der Waals surface area contributed by atoms with Gasteiger partial charge in [0.15, 0.2) is 5.82 Å². The van der Waals surface area contributed by atoms with Crippen molar-refractivity contribution in [2.24, 2.45) is 5.92 Å². The maximum atomic E-state index is 5.67. The van der Waals surface area contributed by atoms with Crippen molar-refractivity contribution in [3.8, 4) is 5.88 Å². The lowest BCUT2D eigenvalue weighted by molar-refractivity contribution is 0.260. The van der Waals surface area contributed by atoms with Gasteiger partial charge in [0, 0.05) is 32.2 Å². The van der Waals surface area contributed by atoms with Gasteiger partial charge in [-0.2, -0.15) is 4.98 Å². The summed E-state index contributed by atoms with van der Waals surface area (Å²) in [5.74, 6) is 2.06. The van der Waals surface area contributed by atoms with E-state index < -0.39 is 0 Å². The molecular weight excluding hydrogens is 264 g/mol. The van der Waals surface area contributed by atoms with Gasteiger partial charge in [0.05, 0.1) is 19.0 Å². The molecule has 3 heterocycles. The Morgan fingerprint density at radius 2 is 2.10 bits per heavy atom. The number of nitrogens with zero attached hydrogens (tertiary/aromatic N) is 4. The third-order valence-corrected chi connectivity index (χ3v) is 4.01. The Hall–Kier alpha value is -1.62. The van der Waals surface area contributed by atoms with E-state index in [4.69, 9.17) is 4.74 Å². The molecule has 0 N–H and O–H groups in total. The van der Waals surface area contributed by atoms with Gasteiger partial charge in [0.2, 0.25) is 5.88 Å². The summed E-state index contributed by atoms with van der Waals surface area (Å²) in [6, 6.07) is 0.627. The van der Waals surface area contributed by atoms with E-state index in [9.17, 15) is 0 Å². The zero-order chi connectivity index (χ0) is 14.7. The molecule has 2 aliphatic heterocycles. The van der Waals surface area contributed by atoms with Crippen molar-refractivity contribution in [1.29, 1.82) is 0 Å². The van der Waals surface area contributed by atoms with Gasteiger partial charge in [-0.05, 0) is 12.3 Å². The SMILES string of the molecule is CC(C)COc1cncc(N2CC[C@@H](N3CC=CC3)C2)n1. The largest absolute Gasteiger partial charge is 0.476 e. The van der Waals surface area contributed by atoms with E-state index in [2.05, 4.69) is 45.8 Å². The molecule has 0 aliphatic carbocycles. The fourth-order valence-electron chi connectivity index (χ4n) is 2.85. The number of hydrogen-bond donors (Lipinski definition) is 0.